The Labute approximate surface area is 154 Å². The molecule has 1 aliphatic rings. The minimum atomic E-state index is -0.411. The van der Waals surface area contributed by atoms with Crippen molar-refractivity contribution in [2.45, 2.75) is 39.7 Å². The van der Waals surface area contributed by atoms with Gasteiger partial charge in [-0.2, -0.15) is 0 Å². The lowest BCUT2D eigenvalue weighted by Gasteiger charge is -2.62. The first-order valence-corrected chi connectivity index (χ1v) is 7.61. The maximum Gasteiger partial charge on any atom is 0.194 e. The van der Waals surface area contributed by atoms with Gasteiger partial charge in [0, 0.05) is 31.1 Å². The number of hydrogen-bond acceptors (Lipinski definition) is 1. The minimum absolute atomic E-state index is 0. The van der Waals surface area contributed by atoms with E-state index in [-0.39, 0.29) is 40.7 Å². The van der Waals surface area contributed by atoms with E-state index in [0.717, 1.165) is 18.6 Å². The van der Waals surface area contributed by atoms with Crippen molar-refractivity contribution in [1.29, 1.82) is 0 Å². The van der Waals surface area contributed by atoms with Gasteiger partial charge in [-0.1, -0.05) is 13.8 Å². The molecule has 0 bridgehead atoms. The summed E-state index contributed by atoms with van der Waals surface area (Å²) in [4.78, 5) is 6.52. The lowest BCUT2D eigenvalue weighted by atomic mass is 9.65. The Hall–Kier alpha value is -0.920. The van der Waals surface area contributed by atoms with Crippen LogP contribution in [0.3, 0.4) is 0 Å². The Balaban J connectivity index is 0.00000264. The Morgan fingerprint density at radius 3 is 2.43 bits per heavy atom. The lowest BCUT2D eigenvalue weighted by Crippen LogP contribution is -2.72. The fourth-order valence-corrected chi connectivity index (χ4v) is 2.74. The summed E-state index contributed by atoms with van der Waals surface area (Å²) in [6, 6.07) is 3.55. The van der Waals surface area contributed by atoms with Gasteiger partial charge in [-0.25, -0.2) is 8.78 Å². The first kappa shape index (κ1) is 20.1. The van der Waals surface area contributed by atoms with E-state index in [4.69, 9.17) is 0 Å². The molecule has 0 aromatic heterocycles. The molecule has 1 aromatic rings. The number of rotatable bonds is 3. The molecule has 0 amide bonds. The molecule has 3 nitrogen and oxygen atoms in total. The second-order valence-electron chi connectivity index (χ2n) is 6.99. The predicted molar refractivity (Wildman–Crippen MR) is 101 cm³/mol. The van der Waals surface area contributed by atoms with Crippen LogP contribution < -0.4 is 5.32 Å². The molecule has 23 heavy (non-hydrogen) atoms. The molecular formula is C17H26F2IN3. The van der Waals surface area contributed by atoms with Gasteiger partial charge in [-0.15, -0.1) is 24.0 Å². The summed E-state index contributed by atoms with van der Waals surface area (Å²) in [5, 5.41) is 3.25. The zero-order valence-corrected chi connectivity index (χ0v) is 16.7. The summed E-state index contributed by atoms with van der Waals surface area (Å²) in [5.74, 6) is 0.0242. The van der Waals surface area contributed by atoms with Crippen LogP contribution in [0.25, 0.3) is 0 Å². The van der Waals surface area contributed by atoms with Gasteiger partial charge in [-0.05, 0) is 44.0 Å². The molecule has 1 aliphatic heterocycles. The second kappa shape index (κ2) is 7.32. The number of aliphatic imine (C=N–C) groups is 1. The Kier molecular flexibility index (Phi) is 6.40. The van der Waals surface area contributed by atoms with Crippen LogP contribution in [0.2, 0.25) is 0 Å². The van der Waals surface area contributed by atoms with Crippen molar-refractivity contribution in [2.75, 3.05) is 20.1 Å². The van der Waals surface area contributed by atoms with E-state index in [0.29, 0.717) is 18.5 Å². The fraction of sp³-hybridized carbons (Fsp3) is 0.588. The highest BCUT2D eigenvalue weighted by Gasteiger charge is 2.53. The van der Waals surface area contributed by atoms with Crippen molar-refractivity contribution in [2.24, 2.45) is 10.4 Å². The van der Waals surface area contributed by atoms with Gasteiger partial charge in [0.1, 0.15) is 11.6 Å². The quantitative estimate of drug-likeness (QED) is 0.443. The van der Waals surface area contributed by atoms with Crippen LogP contribution in [0.1, 0.15) is 33.3 Å². The molecule has 1 N–H and O–H groups in total. The highest BCUT2D eigenvalue weighted by Crippen LogP contribution is 2.46. The zero-order chi connectivity index (χ0) is 16.5. The third-order valence-electron chi connectivity index (χ3n) is 5.04. The van der Waals surface area contributed by atoms with Crippen molar-refractivity contribution >= 4 is 29.9 Å². The van der Waals surface area contributed by atoms with Crippen LogP contribution in [0, 0.1) is 17.0 Å². The number of likely N-dealkylation sites (tertiary alicyclic amines) is 1. The summed E-state index contributed by atoms with van der Waals surface area (Å²) in [6.07, 6.45) is 0.417. The summed E-state index contributed by atoms with van der Waals surface area (Å²) in [5.41, 5.74) is 0.615. The van der Waals surface area contributed by atoms with Crippen molar-refractivity contribution in [3.05, 3.63) is 35.4 Å². The van der Waals surface area contributed by atoms with Gasteiger partial charge in [-0.3, -0.25) is 4.99 Å². The first-order valence-electron chi connectivity index (χ1n) is 7.61. The SMILES string of the molecule is CN=C(NCCc1cc(F)ccc1F)N1CC(C)(C)C1(C)C.I. The van der Waals surface area contributed by atoms with E-state index in [2.05, 4.69) is 42.9 Å². The van der Waals surface area contributed by atoms with Gasteiger partial charge in [0.25, 0.3) is 0 Å². The van der Waals surface area contributed by atoms with E-state index in [1.165, 1.54) is 12.1 Å². The van der Waals surface area contributed by atoms with Gasteiger partial charge in [0.2, 0.25) is 0 Å². The third kappa shape index (κ3) is 3.95. The van der Waals surface area contributed by atoms with Crippen molar-refractivity contribution in [3.8, 4) is 0 Å². The standard InChI is InChI=1S/C17H25F2N3.HI/c1-16(2)11-22(17(16,3)4)15(20-5)21-9-8-12-10-13(18)6-7-14(12)19;/h6-7,10H,8-9,11H2,1-5H3,(H,20,21);1H. The monoisotopic (exact) mass is 437 g/mol. The summed E-state index contributed by atoms with van der Waals surface area (Å²) in [6.45, 7) is 10.3. The second-order valence-corrected chi connectivity index (χ2v) is 6.99. The normalized spacial score (nSPS) is 18.9. The average molecular weight is 437 g/mol. The van der Waals surface area contributed by atoms with Crippen molar-refractivity contribution in [3.63, 3.8) is 0 Å². The topological polar surface area (TPSA) is 27.6 Å². The molecule has 1 heterocycles. The number of guanidine groups is 1. The molecule has 0 saturated carbocycles. The molecule has 0 spiro atoms. The molecule has 6 heteroatoms. The van der Waals surface area contributed by atoms with Gasteiger partial charge < -0.3 is 10.2 Å². The fourth-order valence-electron chi connectivity index (χ4n) is 2.74. The zero-order valence-electron chi connectivity index (χ0n) is 14.4. The molecule has 1 saturated heterocycles. The largest absolute Gasteiger partial charge is 0.356 e. The van der Waals surface area contributed by atoms with Crippen LogP contribution in [-0.4, -0.2) is 36.5 Å². The van der Waals surface area contributed by atoms with E-state index in [1.807, 2.05) is 0 Å². The number of halogens is 3. The molecule has 0 radical (unpaired) electrons. The number of hydrogen-bond donors (Lipinski definition) is 1. The van der Waals surface area contributed by atoms with Crippen molar-refractivity contribution < 1.29 is 8.78 Å². The Morgan fingerprint density at radius 1 is 1.26 bits per heavy atom. The lowest BCUT2D eigenvalue weighted by molar-refractivity contribution is -0.0666. The highest BCUT2D eigenvalue weighted by molar-refractivity contribution is 14.0. The molecule has 0 atom stereocenters. The molecule has 130 valence electrons. The van der Waals surface area contributed by atoms with Crippen LogP contribution >= 0.6 is 24.0 Å². The molecule has 0 aliphatic carbocycles. The summed E-state index contributed by atoms with van der Waals surface area (Å²) >= 11 is 0. The smallest absolute Gasteiger partial charge is 0.194 e. The summed E-state index contributed by atoms with van der Waals surface area (Å²) in [7, 11) is 1.74. The number of benzene rings is 1. The minimum Gasteiger partial charge on any atom is -0.356 e. The molecule has 2 rings (SSSR count). The average Bonchev–Trinajstić information content (AvgIpc) is 2.45. The molecule has 1 aromatic carbocycles. The number of nitrogens with one attached hydrogen (secondary N) is 1. The van der Waals surface area contributed by atoms with Crippen LogP contribution in [-0.2, 0) is 6.42 Å². The molecule has 1 fully saturated rings. The Morgan fingerprint density at radius 2 is 1.91 bits per heavy atom. The number of nitrogens with zero attached hydrogens (tertiary/aromatic N) is 2. The summed E-state index contributed by atoms with van der Waals surface area (Å²) < 4.78 is 26.8. The van der Waals surface area contributed by atoms with Gasteiger partial charge in [0.05, 0.1) is 0 Å². The highest BCUT2D eigenvalue weighted by atomic mass is 127. The van der Waals surface area contributed by atoms with E-state index in [9.17, 15) is 8.78 Å². The molecule has 0 unspecified atom stereocenters. The maximum absolute atomic E-state index is 13.6. The third-order valence-corrected chi connectivity index (χ3v) is 5.04. The first-order chi connectivity index (χ1) is 10.2. The molecular weight excluding hydrogens is 411 g/mol. The van der Waals surface area contributed by atoms with Crippen LogP contribution in [0.5, 0.6) is 0 Å². The predicted octanol–water partition coefficient (Wildman–Crippen LogP) is 3.82. The van der Waals surface area contributed by atoms with Crippen LogP contribution in [0.15, 0.2) is 23.2 Å². The van der Waals surface area contributed by atoms with Gasteiger partial charge >= 0.3 is 0 Å². The maximum atomic E-state index is 13.6. The van der Waals surface area contributed by atoms with E-state index in [1.54, 1.807) is 7.05 Å². The van der Waals surface area contributed by atoms with Crippen LogP contribution in [0.4, 0.5) is 8.78 Å². The van der Waals surface area contributed by atoms with Crippen molar-refractivity contribution in [1.82, 2.24) is 10.2 Å². The van der Waals surface area contributed by atoms with Gasteiger partial charge in [0.15, 0.2) is 5.96 Å². The van der Waals surface area contributed by atoms with E-state index < -0.39 is 5.82 Å². The van der Waals surface area contributed by atoms with E-state index >= 15 is 0 Å². The Bertz CT molecular complexity index is 585.